The van der Waals surface area contributed by atoms with Crippen LogP contribution in [0.5, 0.6) is 0 Å². The molecule has 0 N–H and O–H groups in total. The Balaban J connectivity index is 2.41. The van der Waals surface area contributed by atoms with E-state index in [0.717, 1.165) is 5.69 Å². The summed E-state index contributed by atoms with van der Waals surface area (Å²) >= 11 is 0. The molecule has 0 aromatic heterocycles. The Morgan fingerprint density at radius 3 is 2.75 bits per heavy atom. The minimum atomic E-state index is -0.753. The van der Waals surface area contributed by atoms with Crippen molar-refractivity contribution in [2.75, 3.05) is 32.6 Å². The molecule has 104 valence electrons. The SMILES string of the molecule is COC(=O)CN1C(=O)c2ccc(N(C)C)cc2C1C#N. The lowest BCUT2D eigenvalue weighted by atomic mass is 10.0. The predicted octanol–water partition coefficient (Wildman–Crippen LogP) is 0.946. The zero-order valence-corrected chi connectivity index (χ0v) is 11.6. The van der Waals surface area contributed by atoms with Crippen LogP contribution < -0.4 is 4.90 Å². The number of benzene rings is 1. The highest BCUT2D eigenvalue weighted by atomic mass is 16.5. The zero-order valence-electron chi connectivity index (χ0n) is 11.6. The van der Waals surface area contributed by atoms with E-state index in [1.807, 2.05) is 25.1 Å². The van der Waals surface area contributed by atoms with E-state index >= 15 is 0 Å². The van der Waals surface area contributed by atoms with E-state index in [0.29, 0.717) is 11.1 Å². The molecule has 0 bridgehead atoms. The van der Waals surface area contributed by atoms with Crippen LogP contribution in [-0.4, -0.2) is 44.5 Å². The van der Waals surface area contributed by atoms with Crippen LogP contribution in [0.4, 0.5) is 5.69 Å². The van der Waals surface area contributed by atoms with Crippen LogP contribution in [0.3, 0.4) is 0 Å². The van der Waals surface area contributed by atoms with Gasteiger partial charge in [0.1, 0.15) is 12.6 Å². The van der Waals surface area contributed by atoms with Gasteiger partial charge < -0.3 is 14.5 Å². The first kappa shape index (κ1) is 13.9. The summed E-state index contributed by atoms with van der Waals surface area (Å²) in [4.78, 5) is 26.7. The van der Waals surface area contributed by atoms with Gasteiger partial charge in [0.05, 0.1) is 13.2 Å². The van der Waals surface area contributed by atoms with Crippen molar-refractivity contribution in [3.05, 3.63) is 29.3 Å². The summed E-state index contributed by atoms with van der Waals surface area (Å²) in [5, 5.41) is 9.31. The third-order valence-electron chi connectivity index (χ3n) is 3.30. The second-order valence-electron chi connectivity index (χ2n) is 4.71. The van der Waals surface area contributed by atoms with Crippen molar-refractivity contribution in [2.24, 2.45) is 0 Å². The molecule has 1 atom stereocenters. The van der Waals surface area contributed by atoms with Crippen LogP contribution in [0.1, 0.15) is 22.0 Å². The van der Waals surface area contributed by atoms with Gasteiger partial charge in [-0.3, -0.25) is 9.59 Å². The standard InChI is InChI=1S/C14H15N3O3/c1-16(2)9-4-5-10-11(6-9)12(7-15)17(14(10)19)8-13(18)20-3/h4-6,12H,8H2,1-3H3. The van der Waals surface area contributed by atoms with E-state index in [9.17, 15) is 14.9 Å². The van der Waals surface area contributed by atoms with Gasteiger partial charge in [0.15, 0.2) is 0 Å². The van der Waals surface area contributed by atoms with E-state index in [1.165, 1.54) is 12.0 Å². The minimum absolute atomic E-state index is 0.223. The zero-order chi connectivity index (χ0) is 14.9. The number of rotatable bonds is 3. The quantitative estimate of drug-likeness (QED) is 0.766. The number of carbonyl (C=O) groups excluding carboxylic acids is 2. The third kappa shape index (κ3) is 2.18. The molecule has 1 unspecified atom stereocenters. The molecule has 0 spiro atoms. The lowest BCUT2D eigenvalue weighted by Crippen LogP contribution is -2.33. The fourth-order valence-electron chi connectivity index (χ4n) is 2.20. The molecule has 1 aliphatic rings. The Labute approximate surface area is 117 Å². The number of nitrogens with zero attached hydrogens (tertiary/aromatic N) is 3. The fraction of sp³-hybridized carbons (Fsp3) is 0.357. The molecule has 20 heavy (non-hydrogen) atoms. The second-order valence-corrected chi connectivity index (χ2v) is 4.71. The molecule has 1 amide bonds. The number of fused-ring (bicyclic) bond motifs is 1. The molecular formula is C14H15N3O3. The summed E-state index contributed by atoms with van der Waals surface area (Å²) in [5.74, 6) is -0.860. The summed E-state index contributed by atoms with van der Waals surface area (Å²) in [6.45, 7) is -0.223. The van der Waals surface area contributed by atoms with Gasteiger partial charge in [-0.1, -0.05) is 0 Å². The van der Waals surface area contributed by atoms with Crippen molar-refractivity contribution in [1.82, 2.24) is 4.90 Å². The molecule has 1 aromatic rings. The molecule has 1 aliphatic heterocycles. The highest BCUT2D eigenvalue weighted by Gasteiger charge is 2.38. The Morgan fingerprint density at radius 2 is 2.20 bits per heavy atom. The number of methoxy groups -OCH3 is 1. The van der Waals surface area contributed by atoms with Gasteiger partial charge in [-0.2, -0.15) is 5.26 Å². The summed E-state index contributed by atoms with van der Waals surface area (Å²) in [5.41, 5.74) is 2.00. The van der Waals surface area contributed by atoms with Crippen LogP contribution in [0.2, 0.25) is 0 Å². The van der Waals surface area contributed by atoms with Crippen LogP contribution in [0.15, 0.2) is 18.2 Å². The maximum absolute atomic E-state index is 12.3. The largest absolute Gasteiger partial charge is 0.468 e. The highest BCUT2D eigenvalue weighted by Crippen LogP contribution is 2.35. The van der Waals surface area contributed by atoms with E-state index < -0.39 is 12.0 Å². The highest BCUT2D eigenvalue weighted by molar-refractivity contribution is 6.01. The van der Waals surface area contributed by atoms with Crippen molar-refractivity contribution in [1.29, 1.82) is 5.26 Å². The molecule has 0 saturated heterocycles. The minimum Gasteiger partial charge on any atom is -0.468 e. The topological polar surface area (TPSA) is 73.6 Å². The van der Waals surface area contributed by atoms with Crippen LogP contribution in [0.25, 0.3) is 0 Å². The van der Waals surface area contributed by atoms with Crippen LogP contribution in [-0.2, 0) is 9.53 Å². The van der Waals surface area contributed by atoms with Crippen LogP contribution in [0, 0.1) is 11.3 Å². The number of ether oxygens (including phenoxy) is 1. The number of hydrogen-bond donors (Lipinski definition) is 0. The maximum atomic E-state index is 12.3. The van der Waals surface area contributed by atoms with Gasteiger partial charge in [0.2, 0.25) is 0 Å². The monoisotopic (exact) mass is 273 g/mol. The first-order valence-corrected chi connectivity index (χ1v) is 6.08. The van der Waals surface area contributed by atoms with Crippen molar-refractivity contribution in [3.63, 3.8) is 0 Å². The van der Waals surface area contributed by atoms with Gasteiger partial charge >= 0.3 is 5.97 Å². The van der Waals surface area contributed by atoms with Gasteiger partial charge in [0.25, 0.3) is 5.91 Å². The number of hydrogen-bond acceptors (Lipinski definition) is 5. The van der Waals surface area contributed by atoms with Gasteiger partial charge in [-0.05, 0) is 18.2 Å². The Kier molecular flexibility index (Phi) is 3.61. The van der Waals surface area contributed by atoms with Crippen molar-refractivity contribution in [3.8, 4) is 6.07 Å². The predicted molar refractivity (Wildman–Crippen MR) is 72.2 cm³/mol. The van der Waals surface area contributed by atoms with Gasteiger partial charge in [-0.25, -0.2) is 0 Å². The van der Waals surface area contributed by atoms with Gasteiger partial charge in [-0.15, -0.1) is 0 Å². The van der Waals surface area contributed by atoms with Crippen molar-refractivity contribution < 1.29 is 14.3 Å². The number of amides is 1. The van der Waals surface area contributed by atoms with Crippen molar-refractivity contribution in [2.45, 2.75) is 6.04 Å². The summed E-state index contributed by atoms with van der Waals surface area (Å²) in [7, 11) is 5.01. The molecule has 0 aliphatic carbocycles. The molecular weight excluding hydrogens is 258 g/mol. The van der Waals surface area contributed by atoms with E-state index in [-0.39, 0.29) is 12.5 Å². The number of esters is 1. The molecule has 0 fully saturated rings. The summed E-state index contributed by atoms with van der Waals surface area (Å²) in [6, 6.07) is 6.63. The molecule has 6 heteroatoms. The number of nitriles is 1. The van der Waals surface area contributed by atoms with E-state index in [2.05, 4.69) is 10.8 Å². The normalized spacial score (nSPS) is 16.6. The Hall–Kier alpha value is -2.55. The Morgan fingerprint density at radius 1 is 1.50 bits per heavy atom. The maximum Gasteiger partial charge on any atom is 0.325 e. The molecule has 1 heterocycles. The molecule has 2 rings (SSSR count). The third-order valence-corrected chi connectivity index (χ3v) is 3.30. The average Bonchev–Trinajstić information content (AvgIpc) is 2.70. The first-order valence-electron chi connectivity index (χ1n) is 6.08. The number of carbonyl (C=O) groups is 2. The van der Waals surface area contributed by atoms with Gasteiger partial charge in [0, 0.05) is 30.9 Å². The second kappa shape index (κ2) is 5.21. The summed E-state index contributed by atoms with van der Waals surface area (Å²) in [6.07, 6.45) is 0. The number of anilines is 1. The fourth-order valence-corrected chi connectivity index (χ4v) is 2.20. The van der Waals surface area contributed by atoms with Crippen molar-refractivity contribution >= 4 is 17.6 Å². The molecule has 6 nitrogen and oxygen atoms in total. The lowest BCUT2D eigenvalue weighted by Gasteiger charge is -2.18. The Bertz CT molecular complexity index is 604. The molecule has 0 radical (unpaired) electrons. The lowest BCUT2D eigenvalue weighted by molar-refractivity contribution is -0.141. The molecule has 0 saturated carbocycles. The van der Waals surface area contributed by atoms with E-state index in [1.54, 1.807) is 12.1 Å². The molecule has 1 aromatic carbocycles. The van der Waals surface area contributed by atoms with Crippen LogP contribution >= 0.6 is 0 Å². The van der Waals surface area contributed by atoms with E-state index in [4.69, 9.17) is 0 Å². The first-order chi connectivity index (χ1) is 9.49. The summed E-state index contributed by atoms with van der Waals surface area (Å²) < 4.78 is 4.56. The average molecular weight is 273 g/mol. The smallest absolute Gasteiger partial charge is 0.325 e.